The molecule has 92 valence electrons. The second-order valence-corrected chi connectivity index (χ2v) is 4.24. The zero-order valence-electron chi connectivity index (χ0n) is 10.4. The highest BCUT2D eigenvalue weighted by molar-refractivity contribution is 5.54. The van der Waals surface area contributed by atoms with Crippen molar-refractivity contribution in [2.45, 2.75) is 6.54 Å². The van der Waals surface area contributed by atoms with Gasteiger partial charge in [-0.05, 0) is 29.3 Å². The smallest absolute Gasteiger partial charge is 0.125 e. The second kappa shape index (κ2) is 5.50. The van der Waals surface area contributed by atoms with E-state index in [0.717, 1.165) is 17.8 Å². The fourth-order valence-corrected chi connectivity index (χ4v) is 1.94. The molecule has 1 nitrogen and oxygen atoms in total. The van der Waals surface area contributed by atoms with Crippen LogP contribution in [0.25, 0.3) is 6.08 Å². The van der Waals surface area contributed by atoms with Gasteiger partial charge in [-0.25, -0.2) is 4.39 Å². The van der Waals surface area contributed by atoms with Gasteiger partial charge in [-0.1, -0.05) is 43.0 Å². The Hall–Kier alpha value is -2.09. The number of hydrogen-bond donors (Lipinski definition) is 0. The highest BCUT2D eigenvalue weighted by atomic mass is 19.1. The SMILES string of the molecule is C=Cc1ccccc1CN(C)c1cccc(F)c1. The lowest BCUT2D eigenvalue weighted by molar-refractivity contribution is 0.627. The van der Waals surface area contributed by atoms with Gasteiger partial charge in [0, 0.05) is 19.3 Å². The van der Waals surface area contributed by atoms with E-state index in [9.17, 15) is 4.39 Å². The molecule has 0 aliphatic carbocycles. The van der Waals surface area contributed by atoms with Crippen LogP contribution in [0, 0.1) is 5.82 Å². The maximum atomic E-state index is 13.2. The summed E-state index contributed by atoms with van der Waals surface area (Å²) in [5.41, 5.74) is 3.16. The average Bonchev–Trinajstić information content (AvgIpc) is 2.39. The van der Waals surface area contributed by atoms with Crippen LogP contribution >= 0.6 is 0 Å². The molecule has 2 rings (SSSR count). The third-order valence-electron chi connectivity index (χ3n) is 2.93. The molecular formula is C16H16FN. The molecule has 0 saturated carbocycles. The molecule has 0 saturated heterocycles. The molecule has 0 aliphatic heterocycles. The van der Waals surface area contributed by atoms with Gasteiger partial charge in [0.05, 0.1) is 0 Å². The van der Waals surface area contributed by atoms with E-state index in [1.807, 2.05) is 42.3 Å². The maximum absolute atomic E-state index is 13.2. The molecule has 0 spiro atoms. The first-order valence-corrected chi connectivity index (χ1v) is 5.88. The first-order valence-electron chi connectivity index (χ1n) is 5.88. The lowest BCUT2D eigenvalue weighted by Crippen LogP contribution is -2.17. The van der Waals surface area contributed by atoms with Gasteiger partial charge in [0.1, 0.15) is 5.82 Å². The third kappa shape index (κ3) is 2.77. The summed E-state index contributed by atoms with van der Waals surface area (Å²) < 4.78 is 13.2. The summed E-state index contributed by atoms with van der Waals surface area (Å²) in [4.78, 5) is 2.02. The fourth-order valence-electron chi connectivity index (χ4n) is 1.94. The van der Waals surface area contributed by atoms with Crippen LogP contribution in [0.5, 0.6) is 0 Å². The minimum Gasteiger partial charge on any atom is -0.370 e. The van der Waals surface area contributed by atoms with E-state index in [0.29, 0.717) is 0 Å². The van der Waals surface area contributed by atoms with Crippen LogP contribution in [0.2, 0.25) is 0 Å². The van der Waals surface area contributed by atoms with Crippen LogP contribution < -0.4 is 4.90 Å². The molecule has 0 radical (unpaired) electrons. The Morgan fingerprint density at radius 2 is 1.94 bits per heavy atom. The average molecular weight is 241 g/mol. The molecular weight excluding hydrogens is 225 g/mol. The van der Waals surface area contributed by atoms with E-state index in [1.165, 1.54) is 17.7 Å². The van der Waals surface area contributed by atoms with Crippen molar-refractivity contribution in [2.75, 3.05) is 11.9 Å². The summed E-state index contributed by atoms with van der Waals surface area (Å²) in [7, 11) is 1.95. The van der Waals surface area contributed by atoms with E-state index < -0.39 is 0 Å². The molecule has 0 fully saturated rings. The number of hydrogen-bond acceptors (Lipinski definition) is 1. The number of anilines is 1. The van der Waals surface area contributed by atoms with Crippen molar-refractivity contribution in [3.05, 3.63) is 72.1 Å². The fraction of sp³-hybridized carbons (Fsp3) is 0.125. The van der Waals surface area contributed by atoms with E-state index in [1.54, 1.807) is 6.07 Å². The van der Waals surface area contributed by atoms with Gasteiger partial charge in [-0.2, -0.15) is 0 Å². The largest absolute Gasteiger partial charge is 0.370 e. The maximum Gasteiger partial charge on any atom is 0.125 e. The quantitative estimate of drug-likeness (QED) is 0.778. The van der Waals surface area contributed by atoms with Crippen molar-refractivity contribution >= 4 is 11.8 Å². The van der Waals surface area contributed by atoms with E-state index in [2.05, 4.69) is 12.6 Å². The van der Waals surface area contributed by atoms with Crippen molar-refractivity contribution in [1.82, 2.24) is 0 Å². The Bertz CT molecular complexity index is 548. The molecule has 0 heterocycles. The van der Waals surface area contributed by atoms with Crippen molar-refractivity contribution in [3.63, 3.8) is 0 Å². The Labute approximate surface area is 107 Å². The van der Waals surface area contributed by atoms with Crippen LogP contribution in [-0.2, 0) is 6.54 Å². The van der Waals surface area contributed by atoms with Crippen molar-refractivity contribution in [3.8, 4) is 0 Å². The summed E-state index contributed by atoms with van der Waals surface area (Å²) in [5.74, 6) is -0.212. The van der Waals surface area contributed by atoms with Gasteiger partial charge in [0.2, 0.25) is 0 Å². The van der Waals surface area contributed by atoms with Gasteiger partial charge >= 0.3 is 0 Å². The standard InChI is InChI=1S/C16H16FN/c1-3-13-7-4-5-8-14(13)12-18(2)16-10-6-9-15(17)11-16/h3-11H,1,12H2,2H3. The van der Waals surface area contributed by atoms with E-state index >= 15 is 0 Å². The summed E-state index contributed by atoms with van der Waals surface area (Å²) in [6.07, 6.45) is 1.84. The number of nitrogens with zero attached hydrogens (tertiary/aromatic N) is 1. The summed E-state index contributed by atoms with van der Waals surface area (Å²) in [6, 6.07) is 14.7. The van der Waals surface area contributed by atoms with Crippen LogP contribution in [0.4, 0.5) is 10.1 Å². The zero-order chi connectivity index (χ0) is 13.0. The molecule has 2 aromatic carbocycles. The number of benzene rings is 2. The van der Waals surface area contributed by atoms with Crippen molar-refractivity contribution < 1.29 is 4.39 Å². The number of halogens is 1. The van der Waals surface area contributed by atoms with Gasteiger partial charge in [-0.3, -0.25) is 0 Å². The summed E-state index contributed by atoms with van der Waals surface area (Å²) in [6.45, 7) is 4.54. The normalized spacial score (nSPS) is 10.1. The molecule has 0 unspecified atom stereocenters. The van der Waals surface area contributed by atoms with Gasteiger partial charge in [0.25, 0.3) is 0 Å². The van der Waals surface area contributed by atoms with Gasteiger partial charge in [-0.15, -0.1) is 0 Å². The number of rotatable bonds is 4. The monoisotopic (exact) mass is 241 g/mol. The van der Waals surface area contributed by atoms with Gasteiger partial charge in [0.15, 0.2) is 0 Å². The van der Waals surface area contributed by atoms with E-state index in [-0.39, 0.29) is 5.82 Å². The van der Waals surface area contributed by atoms with Crippen molar-refractivity contribution in [1.29, 1.82) is 0 Å². The molecule has 0 aliphatic rings. The zero-order valence-corrected chi connectivity index (χ0v) is 10.4. The topological polar surface area (TPSA) is 3.24 Å². The van der Waals surface area contributed by atoms with Crippen molar-refractivity contribution in [2.24, 2.45) is 0 Å². The first-order chi connectivity index (χ1) is 8.70. The molecule has 0 bridgehead atoms. The predicted octanol–water partition coefficient (Wildman–Crippen LogP) is 4.11. The summed E-state index contributed by atoms with van der Waals surface area (Å²) in [5, 5.41) is 0. The third-order valence-corrected chi connectivity index (χ3v) is 2.93. The van der Waals surface area contributed by atoms with Crippen LogP contribution in [0.15, 0.2) is 55.1 Å². The Balaban J connectivity index is 2.21. The Kier molecular flexibility index (Phi) is 3.78. The molecule has 0 aromatic heterocycles. The van der Waals surface area contributed by atoms with Crippen LogP contribution in [0.3, 0.4) is 0 Å². The lowest BCUT2D eigenvalue weighted by atomic mass is 10.1. The molecule has 18 heavy (non-hydrogen) atoms. The Morgan fingerprint density at radius 3 is 2.67 bits per heavy atom. The predicted molar refractivity (Wildman–Crippen MR) is 75.0 cm³/mol. The van der Waals surface area contributed by atoms with E-state index in [4.69, 9.17) is 0 Å². The highest BCUT2D eigenvalue weighted by Gasteiger charge is 2.05. The van der Waals surface area contributed by atoms with Gasteiger partial charge < -0.3 is 4.90 Å². The molecule has 0 atom stereocenters. The Morgan fingerprint density at radius 1 is 1.17 bits per heavy atom. The first kappa shape index (κ1) is 12.4. The summed E-state index contributed by atoms with van der Waals surface area (Å²) >= 11 is 0. The molecule has 2 heteroatoms. The minimum absolute atomic E-state index is 0.212. The van der Waals surface area contributed by atoms with Crippen LogP contribution in [-0.4, -0.2) is 7.05 Å². The minimum atomic E-state index is -0.212. The lowest BCUT2D eigenvalue weighted by Gasteiger charge is -2.20. The molecule has 2 aromatic rings. The highest BCUT2D eigenvalue weighted by Crippen LogP contribution is 2.18. The second-order valence-electron chi connectivity index (χ2n) is 4.24. The van der Waals surface area contributed by atoms with Crippen LogP contribution in [0.1, 0.15) is 11.1 Å². The molecule has 0 N–H and O–H groups in total. The molecule has 0 amide bonds.